The number of aliphatic hydroxyl groups is 1. The standard InChI is InChI=1S/C10H17N3OS/c1-9-7-12-10(13-8-9)11-3-6-15-5-2-4-14/h7-8,14H,2-6H2,1H3,(H,11,12,13). The third kappa shape index (κ3) is 5.59. The molecule has 1 aromatic rings. The summed E-state index contributed by atoms with van der Waals surface area (Å²) in [7, 11) is 0. The molecule has 0 fully saturated rings. The van der Waals surface area contributed by atoms with Gasteiger partial charge in [0.15, 0.2) is 0 Å². The summed E-state index contributed by atoms with van der Waals surface area (Å²) in [6.45, 7) is 3.11. The molecule has 0 spiro atoms. The van der Waals surface area contributed by atoms with Crippen molar-refractivity contribution < 1.29 is 5.11 Å². The van der Waals surface area contributed by atoms with Crippen molar-refractivity contribution in [3.63, 3.8) is 0 Å². The Morgan fingerprint density at radius 1 is 1.33 bits per heavy atom. The van der Waals surface area contributed by atoms with Crippen molar-refractivity contribution >= 4 is 17.7 Å². The average molecular weight is 227 g/mol. The van der Waals surface area contributed by atoms with Gasteiger partial charge >= 0.3 is 0 Å². The van der Waals surface area contributed by atoms with E-state index in [1.54, 1.807) is 12.4 Å². The zero-order valence-corrected chi connectivity index (χ0v) is 9.76. The van der Waals surface area contributed by atoms with Crippen LogP contribution in [0.25, 0.3) is 0 Å². The molecule has 0 radical (unpaired) electrons. The van der Waals surface area contributed by atoms with Crippen LogP contribution in [-0.2, 0) is 0 Å². The molecule has 0 saturated heterocycles. The molecule has 0 atom stereocenters. The number of hydrogen-bond donors (Lipinski definition) is 2. The molecule has 0 aliphatic carbocycles. The Kier molecular flexibility index (Phi) is 6.11. The highest BCUT2D eigenvalue weighted by atomic mass is 32.2. The zero-order chi connectivity index (χ0) is 10.9. The molecule has 1 aromatic heterocycles. The van der Waals surface area contributed by atoms with Crippen LogP contribution < -0.4 is 5.32 Å². The highest BCUT2D eigenvalue weighted by molar-refractivity contribution is 7.99. The zero-order valence-electron chi connectivity index (χ0n) is 8.94. The van der Waals surface area contributed by atoms with Crippen LogP contribution in [0.3, 0.4) is 0 Å². The molecule has 15 heavy (non-hydrogen) atoms. The van der Waals surface area contributed by atoms with Crippen LogP contribution in [0.1, 0.15) is 12.0 Å². The van der Waals surface area contributed by atoms with Gasteiger partial charge in [-0.2, -0.15) is 11.8 Å². The minimum Gasteiger partial charge on any atom is -0.396 e. The van der Waals surface area contributed by atoms with Crippen molar-refractivity contribution in [2.75, 3.05) is 30.0 Å². The molecule has 5 heteroatoms. The summed E-state index contributed by atoms with van der Waals surface area (Å²) in [5, 5.41) is 11.7. The summed E-state index contributed by atoms with van der Waals surface area (Å²) in [4.78, 5) is 8.28. The fraction of sp³-hybridized carbons (Fsp3) is 0.600. The second-order valence-corrected chi connectivity index (χ2v) is 4.43. The van der Waals surface area contributed by atoms with Crippen LogP contribution >= 0.6 is 11.8 Å². The fourth-order valence-electron chi connectivity index (χ4n) is 0.988. The van der Waals surface area contributed by atoms with E-state index in [1.807, 2.05) is 18.7 Å². The quantitative estimate of drug-likeness (QED) is 0.688. The van der Waals surface area contributed by atoms with Gasteiger partial charge in [0.05, 0.1) is 0 Å². The summed E-state index contributed by atoms with van der Waals surface area (Å²) in [5.41, 5.74) is 1.07. The maximum absolute atomic E-state index is 8.58. The Labute approximate surface area is 94.5 Å². The lowest BCUT2D eigenvalue weighted by atomic mass is 10.4. The second-order valence-electron chi connectivity index (χ2n) is 3.20. The lowest BCUT2D eigenvalue weighted by Gasteiger charge is -2.03. The van der Waals surface area contributed by atoms with E-state index in [4.69, 9.17) is 5.11 Å². The Morgan fingerprint density at radius 3 is 2.73 bits per heavy atom. The van der Waals surface area contributed by atoms with Gasteiger partial charge in [-0.25, -0.2) is 9.97 Å². The number of aliphatic hydroxyl groups excluding tert-OH is 1. The van der Waals surface area contributed by atoms with Gasteiger partial charge < -0.3 is 10.4 Å². The molecular weight excluding hydrogens is 210 g/mol. The molecule has 0 saturated carbocycles. The highest BCUT2D eigenvalue weighted by Crippen LogP contribution is 2.02. The second kappa shape index (κ2) is 7.48. The molecule has 0 aliphatic heterocycles. The molecule has 0 aromatic carbocycles. The van der Waals surface area contributed by atoms with E-state index in [0.717, 1.165) is 30.0 Å². The van der Waals surface area contributed by atoms with Gasteiger partial charge in [-0.3, -0.25) is 0 Å². The smallest absolute Gasteiger partial charge is 0.222 e. The van der Waals surface area contributed by atoms with Gasteiger partial charge in [0.25, 0.3) is 0 Å². The molecule has 0 bridgehead atoms. The summed E-state index contributed by atoms with van der Waals surface area (Å²) >= 11 is 1.82. The van der Waals surface area contributed by atoms with Crippen molar-refractivity contribution in [3.8, 4) is 0 Å². The van der Waals surface area contributed by atoms with Gasteiger partial charge in [-0.05, 0) is 24.7 Å². The summed E-state index contributed by atoms with van der Waals surface area (Å²) in [6.07, 6.45) is 4.47. The molecule has 0 aliphatic rings. The largest absolute Gasteiger partial charge is 0.396 e. The van der Waals surface area contributed by atoms with E-state index < -0.39 is 0 Å². The van der Waals surface area contributed by atoms with Gasteiger partial charge in [0, 0.05) is 31.3 Å². The minimum absolute atomic E-state index is 0.279. The predicted octanol–water partition coefficient (Wildman–Crippen LogP) is 1.31. The van der Waals surface area contributed by atoms with Crippen LogP contribution in [0.5, 0.6) is 0 Å². The lowest BCUT2D eigenvalue weighted by molar-refractivity contribution is 0.296. The van der Waals surface area contributed by atoms with Crippen LogP contribution in [-0.4, -0.2) is 39.7 Å². The first-order valence-electron chi connectivity index (χ1n) is 5.04. The summed E-state index contributed by atoms with van der Waals surface area (Å²) in [5.74, 6) is 2.70. The van der Waals surface area contributed by atoms with E-state index >= 15 is 0 Å². The third-order valence-electron chi connectivity index (χ3n) is 1.76. The maximum atomic E-state index is 8.58. The van der Waals surface area contributed by atoms with E-state index in [-0.39, 0.29) is 6.61 Å². The normalized spacial score (nSPS) is 10.3. The van der Waals surface area contributed by atoms with Gasteiger partial charge in [0.2, 0.25) is 5.95 Å². The number of rotatable bonds is 7. The molecular formula is C10H17N3OS. The molecule has 84 valence electrons. The van der Waals surface area contributed by atoms with Crippen molar-refractivity contribution in [2.45, 2.75) is 13.3 Å². The number of aromatic nitrogens is 2. The monoisotopic (exact) mass is 227 g/mol. The van der Waals surface area contributed by atoms with Crippen LogP contribution in [0, 0.1) is 6.92 Å². The number of nitrogens with zero attached hydrogens (tertiary/aromatic N) is 2. The van der Waals surface area contributed by atoms with Crippen LogP contribution in [0.15, 0.2) is 12.4 Å². The van der Waals surface area contributed by atoms with E-state index in [2.05, 4.69) is 15.3 Å². The van der Waals surface area contributed by atoms with Crippen LogP contribution in [0.4, 0.5) is 5.95 Å². The number of anilines is 1. The molecule has 0 amide bonds. The number of hydrogen-bond acceptors (Lipinski definition) is 5. The van der Waals surface area contributed by atoms with Crippen molar-refractivity contribution in [1.82, 2.24) is 9.97 Å². The molecule has 1 heterocycles. The average Bonchev–Trinajstić information content (AvgIpc) is 2.26. The summed E-state index contributed by atoms with van der Waals surface area (Å²) in [6, 6.07) is 0. The van der Waals surface area contributed by atoms with E-state index in [0.29, 0.717) is 5.95 Å². The lowest BCUT2D eigenvalue weighted by Crippen LogP contribution is -2.07. The van der Waals surface area contributed by atoms with E-state index in [9.17, 15) is 0 Å². The number of thioether (sulfide) groups is 1. The van der Waals surface area contributed by atoms with Crippen molar-refractivity contribution in [2.24, 2.45) is 0 Å². The first-order valence-corrected chi connectivity index (χ1v) is 6.19. The Morgan fingerprint density at radius 2 is 2.07 bits per heavy atom. The number of nitrogens with one attached hydrogen (secondary N) is 1. The Hall–Kier alpha value is -0.810. The molecule has 2 N–H and O–H groups in total. The topological polar surface area (TPSA) is 58.0 Å². The highest BCUT2D eigenvalue weighted by Gasteiger charge is 1.94. The minimum atomic E-state index is 0.279. The van der Waals surface area contributed by atoms with Crippen molar-refractivity contribution in [1.29, 1.82) is 0 Å². The third-order valence-corrected chi connectivity index (χ3v) is 2.83. The maximum Gasteiger partial charge on any atom is 0.222 e. The molecule has 0 unspecified atom stereocenters. The molecule has 4 nitrogen and oxygen atoms in total. The number of aryl methyl sites for hydroxylation is 1. The van der Waals surface area contributed by atoms with Crippen molar-refractivity contribution in [3.05, 3.63) is 18.0 Å². The van der Waals surface area contributed by atoms with Gasteiger partial charge in [0.1, 0.15) is 0 Å². The predicted molar refractivity (Wildman–Crippen MR) is 64.3 cm³/mol. The van der Waals surface area contributed by atoms with Gasteiger partial charge in [-0.15, -0.1) is 0 Å². The van der Waals surface area contributed by atoms with E-state index in [1.165, 1.54) is 0 Å². The summed E-state index contributed by atoms with van der Waals surface area (Å²) < 4.78 is 0. The fourth-order valence-corrected chi connectivity index (χ4v) is 1.77. The SMILES string of the molecule is Cc1cnc(NCCSCCCO)nc1. The molecule has 1 rings (SSSR count). The van der Waals surface area contributed by atoms with Crippen LogP contribution in [0.2, 0.25) is 0 Å². The Bertz CT molecular complexity index is 266. The first kappa shape index (κ1) is 12.3. The first-order chi connectivity index (χ1) is 7.33. The van der Waals surface area contributed by atoms with Gasteiger partial charge in [-0.1, -0.05) is 0 Å². The Balaban J connectivity index is 2.07.